The number of piperidine rings is 1. The molecule has 0 bridgehead atoms. The van der Waals surface area contributed by atoms with Gasteiger partial charge in [-0.15, -0.1) is 12.4 Å². The molecule has 166 valence electrons. The molecule has 2 aliphatic heterocycles. The molecule has 8 nitrogen and oxygen atoms in total. The molecule has 0 saturated carbocycles. The van der Waals surface area contributed by atoms with E-state index in [-0.39, 0.29) is 41.1 Å². The van der Waals surface area contributed by atoms with Crippen LogP contribution in [0.4, 0.5) is 0 Å². The van der Waals surface area contributed by atoms with Crippen molar-refractivity contribution in [2.75, 3.05) is 13.1 Å². The van der Waals surface area contributed by atoms with E-state index in [0.717, 1.165) is 29.4 Å². The summed E-state index contributed by atoms with van der Waals surface area (Å²) in [5.74, 6) is -0.868. The first-order valence-corrected chi connectivity index (χ1v) is 11.1. The molecule has 2 amide bonds. The summed E-state index contributed by atoms with van der Waals surface area (Å²) >= 11 is 0. The minimum Gasteiger partial charge on any atom is -0.353 e. The highest BCUT2D eigenvalue weighted by molar-refractivity contribution is 7.89. The molecule has 30 heavy (non-hydrogen) atoms. The van der Waals surface area contributed by atoms with Gasteiger partial charge >= 0.3 is 0 Å². The summed E-state index contributed by atoms with van der Waals surface area (Å²) in [7, 11) is -3.97. The Balaban J connectivity index is 0.00000320. The van der Waals surface area contributed by atoms with E-state index >= 15 is 0 Å². The van der Waals surface area contributed by atoms with E-state index in [4.69, 9.17) is 0 Å². The Morgan fingerprint density at radius 2 is 1.93 bits per heavy atom. The van der Waals surface area contributed by atoms with Crippen molar-refractivity contribution in [3.63, 3.8) is 0 Å². The first-order valence-electron chi connectivity index (χ1n) is 9.68. The van der Waals surface area contributed by atoms with E-state index in [0.29, 0.717) is 0 Å². The lowest BCUT2D eigenvalue weighted by molar-refractivity contribution is -0.130. The molecular formula is C20H29ClN4O4S. The standard InChI is InChI=1S/C20H28N4O4S.ClH/c1-14-4-6-15(7-5-14)29(27,28)24-11-10-22-19(26)16(24)12-18(25)23-17-8-9-21-13-20(17,2)3;/h4-7,10-11,16-17,21H,8-9,12-13H2,1-3H3,(H,22,26)(H,23,25);1H. The molecule has 3 N–H and O–H groups in total. The Labute approximate surface area is 183 Å². The molecule has 2 aliphatic rings. The highest BCUT2D eigenvalue weighted by atomic mass is 35.5. The maximum Gasteiger partial charge on any atom is 0.264 e. The third-order valence-corrected chi connectivity index (χ3v) is 7.30. The molecule has 0 aliphatic carbocycles. The number of amides is 2. The number of aryl methyl sites for hydroxylation is 1. The molecule has 0 spiro atoms. The normalized spacial score (nSPS) is 23.3. The number of carbonyl (C=O) groups excluding carboxylic acids is 2. The van der Waals surface area contributed by atoms with Gasteiger partial charge in [-0.3, -0.25) is 13.9 Å². The van der Waals surface area contributed by atoms with Crippen LogP contribution in [0.5, 0.6) is 0 Å². The number of benzene rings is 1. The molecule has 2 atom stereocenters. The van der Waals surface area contributed by atoms with Crippen LogP contribution in [0.1, 0.15) is 32.3 Å². The minimum atomic E-state index is -3.97. The number of nitrogens with one attached hydrogen (secondary N) is 3. The Hall–Kier alpha value is -2.10. The van der Waals surface area contributed by atoms with Crippen LogP contribution in [0.25, 0.3) is 0 Å². The van der Waals surface area contributed by atoms with Gasteiger partial charge in [0.1, 0.15) is 6.04 Å². The molecule has 2 unspecified atom stereocenters. The maximum atomic E-state index is 13.1. The van der Waals surface area contributed by atoms with Gasteiger partial charge in [-0.25, -0.2) is 8.42 Å². The fourth-order valence-electron chi connectivity index (χ4n) is 3.64. The van der Waals surface area contributed by atoms with Gasteiger partial charge in [0, 0.05) is 25.0 Å². The number of rotatable bonds is 5. The van der Waals surface area contributed by atoms with Crippen molar-refractivity contribution in [2.24, 2.45) is 5.41 Å². The number of carbonyl (C=O) groups is 2. The van der Waals surface area contributed by atoms with Gasteiger partial charge in [0.05, 0.1) is 11.3 Å². The Morgan fingerprint density at radius 1 is 1.27 bits per heavy atom. The van der Waals surface area contributed by atoms with E-state index in [1.54, 1.807) is 12.1 Å². The summed E-state index contributed by atoms with van der Waals surface area (Å²) in [6.45, 7) is 7.57. The lowest BCUT2D eigenvalue weighted by Gasteiger charge is -2.40. The highest BCUT2D eigenvalue weighted by Gasteiger charge is 2.38. The molecule has 1 saturated heterocycles. The second-order valence-corrected chi connectivity index (χ2v) is 10.1. The van der Waals surface area contributed by atoms with Gasteiger partial charge in [0.2, 0.25) is 11.8 Å². The Kier molecular flexibility index (Phi) is 7.54. The van der Waals surface area contributed by atoms with Crippen molar-refractivity contribution in [3.05, 3.63) is 42.2 Å². The molecule has 1 fully saturated rings. The minimum absolute atomic E-state index is 0. The monoisotopic (exact) mass is 456 g/mol. The summed E-state index contributed by atoms with van der Waals surface area (Å²) < 4.78 is 27.1. The van der Waals surface area contributed by atoms with Gasteiger partial charge in [-0.1, -0.05) is 31.5 Å². The largest absolute Gasteiger partial charge is 0.353 e. The smallest absolute Gasteiger partial charge is 0.264 e. The lowest BCUT2D eigenvalue weighted by Crippen LogP contribution is -2.56. The van der Waals surface area contributed by atoms with Crippen LogP contribution in [-0.2, 0) is 19.6 Å². The molecule has 0 aromatic heterocycles. The zero-order chi connectivity index (χ0) is 21.2. The summed E-state index contributed by atoms with van der Waals surface area (Å²) in [6, 6.07) is 5.21. The predicted octanol–water partition coefficient (Wildman–Crippen LogP) is 1.27. The van der Waals surface area contributed by atoms with Crippen molar-refractivity contribution in [3.8, 4) is 0 Å². The van der Waals surface area contributed by atoms with Gasteiger partial charge < -0.3 is 16.0 Å². The lowest BCUT2D eigenvalue weighted by atomic mass is 9.80. The average Bonchev–Trinajstić information content (AvgIpc) is 2.65. The van der Waals surface area contributed by atoms with Crippen molar-refractivity contribution in [1.82, 2.24) is 20.3 Å². The van der Waals surface area contributed by atoms with E-state index in [1.165, 1.54) is 24.5 Å². The van der Waals surface area contributed by atoms with Crippen LogP contribution >= 0.6 is 12.4 Å². The number of hydrogen-bond donors (Lipinski definition) is 3. The Morgan fingerprint density at radius 3 is 2.57 bits per heavy atom. The van der Waals surface area contributed by atoms with Crippen molar-refractivity contribution in [2.45, 2.75) is 50.6 Å². The molecule has 3 rings (SSSR count). The van der Waals surface area contributed by atoms with Gasteiger partial charge in [-0.05, 0) is 37.4 Å². The summed E-state index contributed by atoms with van der Waals surface area (Å²) in [6.07, 6.45) is 3.10. The molecule has 1 aromatic rings. The van der Waals surface area contributed by atoms with Gasteiger partial charge in [0.25, 0.3) is 10.0 Å². The molecule has 1 aromatic carbocycles. The van der Waals surface area contributed by atoms with E-state index in [9.17, 15) is 18.0 Å². The number of nitrogens with zero attached hydrogens (tertiary/aromatic N) is 1. The second kappa shape index (κ2) is 9.36. The molecule has 10 heteroatoms. The van der Waals surface area contributed by atoms with E-state index in [1.807, 2.05) is 6.92 Å². The van der Waals surface area contributed by atoms with Crippen molar-refractivity contribution < 1.29 is 18.0 Å². The fourth-order valence-corrected chi connectivity index (χ4v) is 5.09. The molecule has 0 radical (unpaired) electrons. The Bertz CT molecular complexity index is 915. The number of halogens is 1. The van der Waals surface area contributed by atoms with E-state index < -0.39 is 22.0 Å². The van der Waals surface area contributed by atoms with Crippen LogP contribution in [0.2, 0.25) is 0 Å². The zero-order valence-electron chi connectivity index (χ0n) is 17.3. The third kappa shape index (κ3) is 5.14. The highest BCUT2D eigenvalue weighted by Crippen LogP contribution is 2.26. The SMILES string of the molecule is Cc1ccc(S(=O)(=O)N2C=CNC(=O)C2CC(=O)NC2CCNCC2(C)C)cc1.Cl. The van der Waals surface area contributed by atoms with Gasteiger partial charge in [-0.2, -0.15) is 0 Å². The van der Waals surface area contributed by atoms with Crippen LogP contribution in [-0.4, -0.2) is 49.7 Å². The quantitative estimate of drug-likeness (QED) is 0.618. The van der Waals surface area contributed by atoms with Crippen LogP contribution in [0.3, 0.4) is 0 Å². The average molecular weight is 457 g/mol. The van der Waals surface area contributed by atoms with Gasteiger partial charge in [0.15, 0.2) is 0 Å². The number of sulfonamides is 1. The van der Waals surface area contributed by atoms with Crippen LogP contribution in [0, 0.1) is 12.3 Å². The third-order valence-electron chi connectivity index (χ3n) is 5.50. The van der Waals surface area contributed by atoms with Crippen LogP contribution < -0.4 is 16.0 Å². The maximum absolute atomic E-state index is 13.1. The summed E-state index contributed by atoms with van der Waals surface area (Å²) in [4.78, 5) is 25.2. The van der Waals surface area contributed by atoms with Crippen LogP contribution in [0.15, 0.2) is 41.6 Å². The topological polar surface area (TPSA) is 108 Å². The zero-order valence-corrected chi connectivity index (χ0v) is 19.0. The predicted molar refractivity (Wildman–Crippen MR) is 116 cm³/mol. The molecular weight excluding hydrogens is 428 g/mol. The first-order chi connectivity index (χ1) is 13.6. The van der Waals surface area contributed by atoms with Crippen molar-refractivity contribution >= 4 is 34.2 Å². The summed E-state index contributed by atoms with van der Waals surface area (Å²) in [5.41, 5.74) is 0.799. The summed E-state index contributed by atoms with van der Waals surface area (Å²) in [5, 5.41) is 8.80. The second-order valence-electron chi connectivity index (χ2n) is 8.27. The fraction of sp³-hybridized carbons (Fsp3) is 0.500. The molecule has 2 heterocycles. The van der Waals surface area contributed by atoms with Crippen molar-refractivity contribution in [1.29, 1.82) is 0 Å². The first kappa shape index (κ1) is 24.2. The number of hydrogen-bond acceptors (Lipinski definition) is 5. The van der Waals surface area contributed by atoms with E-state index in [2.05, 4.69) is 29.8 Å².